The number of nitrogens with one attached hydrogen (secondary N) is 1. The van der Waals surface area contributed by atoms with Gasteiger partial charge in [0.25, 0.3) is 0 Å². The molecule has 0 bridgehead atoms. The van der Waals surface area contributed by atoms with E-state index in [4.69, 9.17) is 15.7 Å². The van der Waals surface area contributed by atoms with E-state index in [-0.39, 0.29) is 5.82 Å². The number of aromatic nitrogens is 4. The van der Waals surface area contributed by atoms with Gasteiger partial charge in [-0.25, -0.2) is 19.3 Å². The number of rotatable bonds is 6. The van der Waals surface area contributed by atoms with Crippen LogP contribution >= 0.6 is 0 Å². The highest BCUT2D eigenvalue weighted by Gasteiger charge is 2.21. The SMILES string of the molecule is Cc1cnc2ccc(-c3nc(CNCC4CCCN4C)c(N)nc3-c3ccc(F)cc3)cn12. The monoisotopic (exact) mass is 445 g/mol. The maximum Gasteiger partial charge on any atom is 0.147 e. The summed E-state index contributed by atoms with van der Waals surface area (Å²) in [5.74, 6) is 0.0830. The molecule has 8 heteroatoms. The standard InChI is InChI=1S/C25H28FN7/c1-16-12-29-22-10-7-18(15-33(16)22)24-23(17-5-8-19(26)9-6-17)31-25(27)21(30-24)14-28-13-20-4-3-11-32(20)2/h5-10,12,15,20,28H,3-4,11,13-14H2,1-2H3,(H2,27,31). The van der Waals surface area contributed by atoms with Crippen molar-refractivity contribution in [1.29, 1.82) is 0 Å². The lowest BCUT2D eigenvalue weighted by Gasteiger charge is -2.20. The molecule has 0 amide bonds. The Morgan fingerprint density at radius 1 is 1.09 bits per heavy atom. The Kier molecular flexibility index (Phi) is 5.78. The van der Waals surface area contributed by atoms with E-state index < -0.39 is 0 Å². The lowest BCUT2D eigenvalue weighted by Crippen LogP contribution is -2.35. The van der Waals surface area contributed by atoms with Crippen molar-refractivity contribution in [2.24, 2.45) is 0 Å². The predicted molar refractivity (Wildman–Crippen MR) is 128 cm³/mol. The molecule has 33 heavy (non-hydrogen) atoms. The number of benzene rings is 1. The molecule has 4 heterocycles. The number of nitrogen functional groups attached to an aromatic ring is 1. The van der Waals surface area contributed by atoms with Gasteiger partial charge in [0, 0.05) is 48.3 Å². The van der Waals surface area contributed by atoms with E-state index in [9.17, 15) is 4.39 Å². The third kappa shape index (κ3) is 4.31. The fourth-order valence-electron chi connectivity index (χ4n) is 4.46. The second-order valence-corrected chi connectivity index (χ2v) is 8.71. The summed E-state index contributed by atoms with van der Waals surface area (Å²) < 4.78 is 15.6. The molecule has 1 aliphatic rings. The van der Waals surface area contributed by atoms with Crippen molar-refractivity contribution in [1.82, 2.24) is 29.6 Å². The maximum atomic E-state index is 13.6. The Morgan fingerprint density at radius 3 is 2.61 bits per heavy atom. The number of likely N-dealkylation sites (N-methyl/N-ethyl adjacent to an activating group) is 1. The normalized spacial score (nSPS) is 16.6. The zero-order valence-corrected chi connectivity index (χ0v) is 18.9. The van der Waals surface area contributed by atoms with Crippen molar-refractivity contribution in [3.63, 3.8) is 0 Å². The second kappa shape index (κ2) is 8.88. The number of imidazole rings is 1. The quantitative estimate of drug-likeness (QED) is 0.471. The molecule has 0 spiro atoms. The first-order valence-corrected chi connectivity index (χ1v) is 11.3. The van der Waals surface area contributed by atoms with E-state index in [1.54, 1.807) is 12.1 Å². The smallest absolute Gasteiger partial charge is 0.147 e. The van der Waals surface area contributed by atoms with Crippen LogP contribution in [-0.4, -0.2) is 50.4 Å². The number of fused-ring (bicyclic) bond motifs is 1. The van der Waals surface area contributed by atoms with E-state index in [0.29, 0.717) is 35.5 Å². The number of anilines is 1. The first-order valence-electron chi connectivity index (χ1n) is 11.3. The van der Waals surface area contributed by atoms with Gasteiger partial charge in [0.05, 0.1) is 17.1 Å². The molecular weight excluding hydrogens is 417 g/mol. The second-order valence-electron chi connectivity index (χ2n) is 8.71. The highest BCUT2D eigenvalue weighted by molar-refractivity contribution is 5.79. The molecule has 1 fully saturated rings. The summed E-state index contributed by atoms with van der Waals surface area (Å²) in [4.78, 5) is 16.5. The molecule has 1 unspecified atom stereocenters. The van der Waals surface area contributed by atoms with Gasteiger partial charge in [0.1, 0.15) is 17.3 Å². The Morgan fingerprint density at radius 2 is 1.85 bits per heavy atom. The molecule has 0 radical (unpaired) electrons. The number of halogens is 1. The van der Waals surface area contributed by atoms with Gasteiger partial charge in [-0.2, -0.15) is 0 Å². The zero-order valence-electron chi connectivity index (χ0n) is 18.9. The number of nitrogens with two attached hydrogens (primary N) is 1. The number of hydrogen-bond acceptors (Lipinski definition) is 6. The molecule has 3 aromatic heterocycles. The lowest BCUT2D eigenvalue weighted by atomic mass is 10.0. The lowest BCUT2D eigenvalue weighted by molar-refractivity contribution is 0.300. The van der Waals surface area contributed by atoms with E-state index in [1.165, 1.54) is 25.0 Å². The van der Waals surface area contributed by atoms with Crippen molar-refractivity contribution in [2.45, 2.75) is 32.4 Å². The summed E-state index contributed by atoms with van der Waals surface area (Å²) in [6.45, 7) is 4.56. The highest BCUT2D eigenvalue weighted by atomic mass is 19.1. The molecule has 1 saturated heterocycles. The van der Waals surface area contributed by atoms with Gasteiger partial charge in [-0.3, -0.25) is 0 Å². The zero-order chi connectivity index (χ0) is 22.9. The summed E-state index contributed by atoms with van der Waals surface area (Å²) in [6, 6.07) is 10.7. The summed E-state index contributed by atoms with van der Waals surface area (Å²) in [6.07, 6.45) is 6.28. The molecule has 3 N–H and O–H groups in total. The Labute approximate surface area is 192 Å². The van der Waals surface area contributed by atoms with Gasteiger partial charge in [0.15, 0.2) is 0 Å². The molecule has 170 valence electrons. The van der Waals surface area contributed by atoms with Crippen LogP contribution in [-0.2, 0) is 6.54 Å². The van der Waals surface area contributed by atoms with Crippen LogP contribution in [0.2, 0.25) is 0 Å². The summed E-state index contributed by atoms with van der Waals surface area (Å²) in [5.41, 5.74) is 11.9. The molecule has 0 saturated carbocycles. The van der Waals surface area contributed by atoms with Gasteiger partial charge in [0.2, 0.25) is 0 Å². The van der Waals surface area contributed by atoms with Crippen LogP contribution in [0.1, 0.15) is 24.2 Å². The van der Waals surface area contributed by atoms with E-state index in [0.717, 1.165) is 35.6 Å². The number of pyridine rings is 1. The summed E-state index contributed by atoms with van der Waals surface area (Å²) in [7, 11) is 2.16. The van der Waals surface area contributed by atoms with Gasteiger partial charge >= 0.3 is 0 Å². The molecule has 4 aromatic rings. The fourth-order valence-corrected chi connectivity index (χ4v) is 4.46. The Bertz CT molecular complexity index is 1280. The topological polar surface area (TPSA) is 84.4 Å². The minimum absolute atomic E-state index is 0.297. The summed E-state index contributed by atoms with van der Waals surface area (Å²) in [5, 5.41) is 3.51. The van der Waals surface area contributed by atoms with E-state index >= 15 is 0 Å². The van der Waals surface area contributed by atoms with Crippen molar-refractivity contribution in [2.75, 3.05) is 25.9 Å². The van der Waals surface area contributed by atoms with Crippen molar-refractivity contribution < 1.29 is 4.39 Å². The molecule has 1 aliphatic heterocycles. The first-order chi connectivity index (χ1) is 16.0. The highest BCUT2D eigenvalue weighted by Crippen LogP contribution is 2.31. The average molecular weight is 446 g/mol. The Balaban J connectivity index is 1.53. The van der Waals surface area contributed by atoms with Gasteiger partial charge in [-0.05, 0) is 69.8 Å². The van der Waals surface area contributed by atoms with Crippen LogP contribution in [0.5, 0.6) is 0 Å². The van der Waals surface area contributed by atoms with Crippen LogP contribution in [0, 0.1) is 12.7 Å². The molecule has 0 aliphatic carbocycles. The molecule has 1 atom stereocenters. The van der Waals surface area contributed by atoms with Crippen LogP contribution < -0.4 is 11.1 Å². The minimum atomic E-state index is -0.297. The number of nitrogens with zero attached hydrogens (tertiary/aromatic N) is 5. The molecule has 1 aromatic carbocycles. The fraction of sp³-hybridized carbons (Fsp3) is 0.320. The number of aryl methyl sites for hydroxylation is 1. The minimum Gasteiger partial charge on any atom is -0.382 e. The molecular formula is C25H28FN7. The van der Waals surface area contributed by atoms with Crippen molar-refractivity contribution >= 4 is 11.5 Å². The number of hydrogen-bond donors (Lipinski definition) is 2. The van der Waals surface area contributed by atoms with Crippen LogP contribution in [0.4, 0.5) is 10.2 Å². The predicted octanol–water partition coefficient (Wildman–Crippen LogP) is 3.67. The average Bonchev–Trinajstić information content (AvgIpc) is 3.40. The van der Waals surface area contributed by atoms with Crippen molar-refractivity contribution in [3.8, 4) is 22.5 Å². The van der Waals surface area contributed by atoms with E-state index in [1.807, 2.05) is 35.9 Å². The summed E-state index contributed by atoms with van der Waals surface area (Å²) >= 11 is 0. The van der Waals surface area contributed by atoms with Crippen LogP contribution in [0.25, 0.3) is 28.2 Å². The first kappa shape index (κ1) is 21.5. The van der Waals surface area contributed by atoms with Gasteiger partial charge in [-0.1, -0.05) is 0 Å². The Hall–Kier alpha value is -3.36. The largest absolute Gasteiger partial charge is 0.382 e. The van der Waals surface area contributed by atoms with Gasteiger partial charge in [-0.15, -0.1) is 0 Å². The van der Waals surface area contributed by atoms with E-state index in [2.05, 4.69) is 22.2 Å². The van der Waals surface area contributed by atoms with Crippen LogP contribution in [0.3, 0.4) is 0 Å². The third-order valence-corrected chi connectivity index (χ3v) is 6.42. The number of likely N-dealkylation sites (tertiary alicyclic amines) is 1. The third-order valence-electron chi connectivity index (χ3n) is 6.42. The maximum absolute atomic E-state index is 13.6. The molecule has 5 rings (SSSR count). The van der Waals surface area contributed by atoms with Gasteiger partial charge < -0.3 is 20.4 Å². The van der Waals surface area contributed by atoms with Crippen LogP contribution in [0.15, 0.2) is 48.8 Å². The van der Waals surface area contributed by atoms with Crippen molar-refractivity contribution in [3.05, 3.63) is 66.0 Å². The molecule has 7 nitrogen and oxygen atoms in total.